The number of carbonyl (C=O) groups excluding carboxylic acids is 2. The van der Waals surface area contributed by atoms with Crippen LogP contribution in [-0.4, -0.2) is 38.6 Å². The number of likely N-dealkylation sites (N-methyl/N-ethyl adjacent to an activating group) is 1. The minimum atomic E-state index is -0.346. The Balaban J connectivity index is 3.30. The Hall–Kier alpha value is -1.10. The minimum Gasteiger partial charge on any atom is -0.465 e. The fourth-order valence-electron chi connectivity index (χ4n) is 0.579. The van der Waals surface area contributed by atoms with E-state index in [1.54, 1.807) is 6.92 Å². The molecule has 70 valence electrons. The topological polar surface area (TPSA) is 67.4 Å². The Labute approximate surface area is 71.5 Å². The molecular formula is C7H14N2O3. The first-order chi connectivity index (χ1) is 5.70. The first-order valence-electron chi connectivity index (χ1n) is 3.77. The van der Waals surface area contributed by atoms with Gasteiger partial charge in [0.2, 0.25) is 5.91 Å². The summed E-state index contributed by atoms with van der Waals surface area (Å²) in [5, 5.41) is 5.05. The van der Waals surface area contributed by atoms with Crippen LogP contribution < -0.4 is 10.6 Å². The second-order valence-electron chi connectivity index (χ2n) is 2.08. The lowest BCUT2D eigenvalue weighted by molar-refractivity contribution is -0.142. The third-order valence-electron chi connectivity index (χ3n) is 1.14. The summed E-state index contributed by atoms with van der Waals surface area (Å²) in [7, 11) is 1.54. The van der Waals surface area contributed by atoms with Gasteiger partial charge in [0.15, 0.2) is 0 Å². The number of rotatable bonds is 5. The lowest BCUT2D eigenvalue weighted by Crippen LogP contribution is -2.34. The van der Waals surface area contributed by atoms with Crippen molar-refractivity contribution in [3.63, 3.8) is 0 Å². The van der Waals surface area contributed by atoms with Gasteiger partial charge in [-0.15, -0.1) is 0 Å². The Morgan fingerprint density at radius 1 is 1.33 bits per heavy atom. The molecule has 0 aliphatic rings. The molecule has 5 nitrogen and oxygen atoms in total. The molecular weight excluding hydrogens is 160 g/mol. The van der Waals surface area contributed by atoms with E-state index in [-0.39, 0.29) is 25.0 Å². The van der Waals surface area contributed by atoms with E-state index in [9.17, 15) is 9.59 Å². The summed E-state index contributed by atoms with van der Waals surface area (Å²) in [4.78, 5) is 21.3. The zero-order valence-electron chi connectivity index (χ0n) is 7.35. The summed E-state index contributed by atoms with van der Waals surface area (Å²) < 4.78 is 4.62. The van der Waals surface area contributed by atoms with Crippen LogP contribution in [0.25, 0.3) is 0 Å². The molecule has 1 amide bonds. The number of ether oxygens (including phenoxy) is 1. The van der Waals surface area contributed by atoms with Gasteiger partial charge in [-0.1, -0.05) is 0 Å². The maximum atomic E-state index is 10.7. The van der Waals surface area contributed by atoms with E-state index in [4.69, 9.17) is 0 Å². The summed E-state index contributed by atoms with van der Waals surface area (Å²) in [5.74, 6) is -0.499. The number of hydrogen-bond donors (Lipinski definition) is 2. The molecule has 0 atom stereocenters. The molecule has 0 saturated heterocycles. The van der Waals surface area contributed by atoms with Crippen LogP contribution in [0, 0.1) is 0 Å². The SMILES string of the molecule is CCOC(=O)CNCC(=O)NC. The van der Waals surface area contributed by atoms with Gasteiger partial charge in [-0.3, -0.25) is 14.9 Å². The van der Waals surface area contributed by atoms with Crippen molar-refractivity contribution in [1.82, 2.24) is 10.6 Å². The quantitative estimate of drug-likeness (QED) is 0.518. The normalized spacial score (nSPS) is 9.17. The molecule has 0 aliphatic heterocycles. The van der Waals surface area contributed by atoms with Gasteiger partial charge >= 0.3 is 5.97 Å². The molecule has 0 saturated carbocycles. The largest absolute Gasteiger partial charge is 0.465 e. The van der Waals surface area contributed by atoms with E-state index < -0.39 is 0 Å². The Morgan fingerprint density at radius 3 is 2.50 bits per heavy atom. The van der Waals surface area contributed by atoms with Crippen LogP contribution in [-0.2, 0) is 14.3 Å². The summed E-state index contributed by atoms with van der Waals surface area (Å²) >= 11 is 0. The van der Waals surface area contributed by atoms with Crippen LogP contribution in [0.4, 0.5) is 0 Å². The molecule has 0 unspecified atom stereocenters. The van der Waals surface area contributed by atoms with Crippen molar-refractivity contribution in [2.45, 2.75) is 6.92 Å². The summed E-state index contributed by atoms with van der Waals surface area (Å²) in [6.07, 6.45) is 0. The second-order valence-corrected chi connectivity index (χ2v) is 2.08. The average molecular weight is 174 g/mol. The summed E-state index contributed by atoms with van der Waals surface area (Å²) in [5.41, 5.74) is 0. The third kappa shape index (κ3) is 5.67. The van der Waals surface area contributed by atoms with Gasteiger partial charge in [-0.25, -0.2) is 0 Å². The Bertz CT molecular complexity index is 159. The molecule has 0 aromatic rings. The van der Waals surface area contributed by atoms with Gasteiger partial charge in [0.05, 0.1) is 19.7 Å². The highest BCUT2D eigenvalue weighted by atomic mass is 16.5. The van der Waals surface area contributed by atoms with Crippen molar-refractivity contribution in [2.75, 3.05) is 26.7 Å². The Kier molecular flexibility index (Phi) is 6.00. The van der Waals surface area contributed by atoms with Crippen LogP contribution in [0.5, 0.6) is 0 Å². The van der Waals surface area contributed by atoms with Crippen LogP contribution in [0.1, 0.15) is 6.92 Å². The van der Waals surface area contributed by atoms with Crippen molar-refractivity contribution < 1.29 is 14.3 Å². The Morgan fingerprint density at radius 2 is 2.00 bits per heavy atom. The molecule has 12 heavy (non-hydrogen) atoms. The van der Waals surface area contributed by atoms with Gasteiger partial charge in [-0.2, -0.15) is 0 Å². The van der Waals surface area contributed by atoms with Crippen molar-refractivity contribution in [3.8, 4) is 0 Å². The molecule has 0 aromatic heterocycles. The van der Waals surface area contributed by atoms with Crippen molar-refractivity contribution in [3.05, 3.63) is 0 Å². The van der Waals surface area contributed by atoms with E-state index in [0.29, 0.717) is 6.61 Å². The van der Waals surface area contributed by atoms with E-state index in [2.05, 4.69) is 15.4 Å². The van der Waals surface area contributed by atoms with Gasteiger partial charge < -0.3 is 10.1 Å². The maximum absolute atomic E-state index is 10.7. The van der Waals surface area contributed by atoms with Crippen molar-refractivity contribution in [2.24, 2.45) is 0 Å². The number of esters is 1. The molecule has 0 aromatic carbocycles. The average Bonchev–Trinajstić information content (AvgIpc) is 2.04. The monoisotopic (exact) mass is 174 g/mol. The first-order valence-corrected chi connectivity index (χ1v) is 3.77. The molecule has 0 bridgehead atoms. The van der Waals surface area contributed by atoms with Gasteiger partial charge in [0.25, 0.3) is 0 Å². The van der Waals surface area contributed by atoms with Crippen molar-refractivity contribution in [1.29, 1.82) is 0 Å². The van der Waals surface area contributed by atoms with Crippen LogP contribution >= 0.6 is 0 Å². The number of amides is 1. The maximum Gasteiger partial charge on any atom is 0.319 e. The fraction of sp³-hybridized carbons (Fsp3) is 0.714. The van der Waals surface area contributed by atoms with E-state index in [0.717, 1.165) is 0 Å². The number of nitrogens with one attached hydrogen (secondary N) is 2. The molecule has 0 spiro atoms. The molecule has 0 radical (unpaired) electrons. The van der Waals surface area contributed by atoms with Crippen LogP contribution in [0.2, 0.25) is 0 Å². The van der Waals surface area contributed by atoms with E-state index in [1.165, 1.54) is 7.05 Å². The smallest absolute Gasteiger partial charge is 0.319 e. The predicted octanol–water partition coefficient (Wildman–Crippen LogP) is -1.11. The highest BCUT2D eigenvalue weighted by Gasteiger charge is 2.01. The highest BCUT2D eigenvalue weighted by molar-refractivity contribution is 5.78. The van der Waals surface area contributed by atoms with Gasteiger partial charge in [-0.05, 0) is 6.92 Å². The molecule has 5 heteroatoms. The summed E-state index contributed by atoms with van der Waals surface area (Å²) in [6.45, 7) is 2.30. The van der Waals surface area contributed by atoms with Crippen LogP contribution in [0.15, 0.2) is 0 Å². The zero-order chi connectivity index (χ0) is 9.40. The standard InChI is InChI=1S/C7H14N2O3/c1-3-12-7(11)5-9-4-6(10)8-2/h9H,3-5H2,1-2H3,(H,8,10). The molecule has 0 fully saturated rings. The number of hydrogen-bond acceptors (Lipinski definition) is 4. The highest BCUT2D eigenvalue weighted by Crippen LogP contribution is 1.74. The molecule has 2 N–H and O–H groups in total. The predicted molar refractivity (Wildman–Crippen MR) is 43.6 cm³/mol. The fourth-order valence-corrected chi connectivity index (χ4v) is 0.579. The zero-order valence-corrected chi connectivity index (χ0v) is 7.35. The third-order valence-corrected chi connectivity index (χ3v) is 1.14. The van der Waals surface area contributed by atoms with Crippen LogP contribution in [0.3, 0.4) is 0 Å². The lowest BCUT2D eigenvalue weighted by atomic mass is 10.5. The molecule has 0 aliphatic carbocycles. The molecule has 0 rings (SSSR count). The second kappa shape index (κ2) is 6.60. The summed E-state index contributed by atoms with van der Waals surface area (Å²) in [6, 6.07) is 0. The van der Waals surface area contributed by atoms with E-state index >= 15 is 0 Å². The van der Waals surface area contributed by atoms with Gasteiger partial charge in [0, 0.05) is 7.05 Å². The van der Waals surface area contributed by atoms with Gasteiger partial charge in [0.1, 0.15) is 0 Å². The van der Waals surface area contributed by atoms with Crippen molar-refractivity contribution >= 4 is 11.9 Å². The van der Waals surface area contributed by atoms with E-state index in [1.807, 2.05) is 0 Å². The first kappa shape index (κ1) is 10.9. The lowest BCUT2D eigenvalue weighted by Gasteiger charge is -2.02. The minimum absolute atomic E-state index is 0.0707. The number of carbonyl (C=O) groups is 2. The molecule has 0 heterocycles.